The fraction of sp³-hybridized carbons (Fsp3) is 0.286. The van der Waals surface area contributed by atoms with Crippen molar-refractivity contribution in [3.63, 3.8) is 0 Å². The van der Waals surface area contributed by atoms with E-state index in [0.29, 0.717) is 36.8 Å². The summed E-state index contributed by atoms with van der Waals surface area (Å²) in [4.78, 5) is 24.5. The van der Waals surface area contributed by atoms with E-state index in [4.69, 9.17) is 14.2 Å². The zero-order valence-corrected chi connectivity index (χ0v) is 20.4. The van der Waals surface area contributed by atoms with Crippen LogP contribution in [0.3, 0.4) is 0 Å². The van der Waals surface area contributed by atoms with Crippen molar-refractivity contribution in [3.8, 4) is 11.5 Å². The fourth-order valence-corrected chi connectivity index (χ4v) is 3.41. The van der Waals surface area contributed by atoms with Gasteiger partial charge in [0.15, 0.2) is 18.1 Å². The molecule has 0 aromatic heterocycles. The Labute approximate surface area is 206 Å². The lowest BCUT2D eigenvalue weighted by atomic mass is 10.1. The maximum atomic E-state index is 12.7. The molecule has 0 aliphatic rings. The number of ether oxygens (including phenoxy) is 3. The van der Waals surface area contributed by atoms with E-state index >= 15 is 0 Å². The maximum absolute atomic E-state index is 12.7. The van der Waals surface area contributed by atoms with Crippen molar-refractivity contribution in [1.29, 1.82) is 0 Å². The fourth-order valence-electron chi connectivity index (χ4n) is 3.41. The third kappa shape index (κ3) is 8.46. The molecule has 0 aliphatic heterocycles. The molecule has 7 heteroatoms. The van der Waals surface area contributed by atoms with Crippen molar-refractivity contribution in [1.82, 2.24) is 10.6 Å². The number of nitrogens with one attached hydrogen (secondary N) is 2. The molecule has 0 aliphatic carbocycles. The molecule has 3 rings (SSSR count). The average Bonchev–Trinajstić information content (AvgIpc) is 2.86. The van der Waals surface area contributed by atoms with Crippen LogP contribution in [0.15, 0.2) is 72.8 Å². The van der Waals surface area contributed by atoms with Crippen molar-refractivity contribution in [3.05, 3.63) is 95.1 Å². The predicted octanol–water partition coefficient (Wildman–Crippen LogP) is 4.25. The van der Waals surface area contributed by atoms with Gasteiger partial charge >= 0.3 is 0 Å². The van der Waals surface area contributed by atoms with E-state index < -0.39 is 0 Å². The van der Waals surface area contributed by atoms with Crippen LogP contribution in [-0.2, 0) is 29.3 Å². The van der Waals surface area contributed by atoms with E-state index in [2.05, 4.69) is 10.6 Å². The molecule has 0 unspecified atom stereocenters. The first-order valence-electron chi connectivity index (χ1n) is 11.5. The zero-order chi connectivity index (χ0) is 25.0. The summed E-state index contributed by atoms with van der Waals surface area (Å²) >= 11 is 0. The molecule has 0 saturated carbocycles. The van der Waals surface area contributed by atoms with E-state index in [0.717, 1.165) is 16.7 Å². The van der Waals surface area contributed by atoms with E-state index in [9.17, 15) is 9.59 Å². The highest BCUT2D eigenvalue weighted by atomic mass is 16.5. The number of rotatable bonds is 12. The Morgan fingerprint density at radius 3 is 2.29 bits per heavy atom. The van der Waals surface area contributed by atoms with Crippen LogP contribution >= 0.6 is 0 Å². The molecule has 0 radical (unpaired) electrons. The second-order valence-electron chi connectivity index (χ2n) is 8.36. The highest BCUT2D eigenvalue weighted by Crippen LogP contribution is 2.28. The molecule has 0 atom stereocenters. The Bertz CT molecular complexity index is 1120. The Hall–Kier alpha value is -3.84. The molecule has 3 aromatic rings. The van der Waals surface area contributed by atoms with Crippen LogP contribution in [0.5, 0.6) is 11.5 Å². The highest BCUT2D eigenvalue weighted by Gasteiger charge is 2.13. The van der Waals surface area contributed by atoms with Gasteiger partial charge in [-0.2, -0.15) is 0 Å². The first kappa shape index (κ1) is 25.8. The molecule has 0 saturated heterocycles. The van der Waals surface area contributed by atoms with Gasteiger partial charge in [-0.15, -0.1) is 0 Å². The number of methoxy groups -OCH3 is 1. The molecule has 2 N–H and O–H groups in total. The van der Waals surface area contributed by atoms with Gasteiger partial charge in [-0.3, -0.25) is 9.59 Å². The number of amides is 2. The van der Waals surface area contributed by atoms with Crippen LogP contribution in [-0.4, -0.2) is 31.6 Å². The van der Waals surface area contributed by atoms with Crippen molar-refractivity contribution in [2.24, 2.45) is 0 Å². The minimum atomic E-state index is -0.238. The van der Waals surface area contributed by atoms with Crippen molar-refractivity contribution in [2.75, 3.05) is 13.7 Å². The Kier molecular flexibility index (Phi) is 9.69. The number of carbonyl (C=O) groups excluding carboxylic acids is 2. The van der Waals surface area contributed by atoms with Crippen molar-refractivity contribution in [2.45, 2.75) is 39.6 Å². The Morgan fingerprint density at radius 2 is 1.54 bits per heavy atom. The normalized spacial score (nSPS) is 10.6. The quantitative estimate of drug-likeness (QED) is 0.408. The van der Waals surface area contributed by atoms with E-state index in [-0.39, 0.29) is 24.5 Å². The molecule has 2 amide bonds. The van der Waals surface area contributed by atoms with Crippen LogP contribution in [0.25, 0.3) is 0 Å². The summed E-state index contributed by atoms with van der Waals surface area (Å²) < 4.78 is 16.7. The second-order valence-corrected chi connectivity index (χ2v) is 8.36. The molecule has 35 heavy (non-hydrogen) atoms. The Morgan fingerprint density at radius 1 is 0.829 bits per heavy atom. The molecule has 0 fully saturated rings. The summed E-state index contributed by atoms with van der Waals surface area (Å²) in [6.45, 7) is 5.03. The number of carbonyl (C=O) groups is 2. The third-order valence-electron chi connectivity index (χ3n) is 5.06. The number of benzene rings is 3. The summed E-state index contributed by atoms with van der Waals surface area (Å²) in [6, 6.07) is 22.8. The Balaban J connectivity index is 1.52. The minimum absolute atomic E-state index is 0.0292. The van der Waals surface area contributed by atoms with Gasteiger partial charge in [0.25, 0.3) is 11.8 Å². The van der Waals surface area contributed by atoms with Crippen LogP contribution in [0, 0.1) is 0 Å². The molecule has 0 heterocycles. The second kappa shape index (κ2) is 13.2. The summed E-state index contributed by atoms with van der Waals surface area (Å²) in [5.74, 6) is 0.313. The van der Waals surface area contributed by atoms with E-state index in [1.807, 2.05) is 68.4 Å². The zero-order valence-electron chi connectivity index (χ0n) is 20.4. The molecular formula is C28H32N2O5. The minimum Gasteiger partial charge on any atom is -0.493 e. The third-order valence-corrected chi connectivity index (χ3v) is 5.06. The topological polar surface area (TPSA) is 85.9 Å². The monoisotopic (exact) mass is 476 g/mol. The predicted molar refractivity (Wildman–Crippen MR) is 134 cm³/mol. The molecule has 3 aromatic carbocycles. The summed E-state index contributed by atoms with van der Waals surface area (Å²) in [7, 11) is 1.49. The first-order chi connectivity index (χ1) is 16.9. The average molecular weight is 477 g/mol. The van der Waals surface area contributed by atoms with Gasteiger partial charge in [0, 0.05) is 18.2 Å². The van der Waals surface area contributed by atoms with Gasteiger partial charge < -0.3 is 24.8 Å². The lowest BCUT2D eigenvalue weighted by Crippen LogP contribution is -2.34. The lowest BCUT2D eigenvalue weighted by molar-refractivity contribution is -0.123. The lowest BCUT2D eigenvalue weighted by Gasteiger charge is -2.13. The van der Waals surface area contributed by atoms with Crippen LogP contribution < -0.4 is 20.1 Å². The van der Waals surface area contributed by atoms with Gasteiger partial charge in [0.1, 0.15) is 0 Å². The van der Waals surface area contributed by atoms with Crippen molar-refractivity contribution >= 4 is 11.8 Å². The van der Waals surface area contributed by atoms with Gasteiger partial charge in [0.05, 0.1) is 20.3 Å². The van der Waals surface area contributed by atoms with Crippen LogP contribution in [0.2, 0.25) is 0 Å². The molecule has 0 bridgehead atoms. The van der Waals surface area contributed by atoms with Gasteiger partial charge in [-0.05, 0) is 48.7 Å². The molecule has 7 nitrogen and oxygen atoms in total. The van der Waals surface area contributed by atoms with Gasteiger partial charge in [-0.25, -0.2) is 0 Å². The number of hydrogen-bond donors (Lipinski definition) is 2. The molecule has 184 valence electrons. The summed E-state index contributed by atoms with van der Waals surface area (Å²) in [5, 5.41) is 5.68. The first-order valence-corrected chi connectivity index (χ1v) is 11.5. The smallest absolute Gasteiger partial charge is 0.258 e. The largest absolute Gasteiger partial charge is 0.493 e. The van der Waals surface area contributed by atoms with Crippen LogP contribution in [0.1, 0.15) is 40.9 Å². The van der Waals surface area contributed by atoms with E-state index in [1.165, 1.54) is 7.11 Å². The summed E-state index contributed by atoms with van der Waals surface area (Å²) in [5.41, 5.74) is 3.57. The van der Waals surface area contributed by atoms with Gasteiger partial charge in [0.2, 0.25) is 0 Å². The van der Waals surface area contributed by atoms with Gasteiger partial charge in [-0.1, -0.05) is 54.6 Å². The molecule has 0 spiro atoms. The standard InChI is InChI=1S/C28H32N2O5/c1-20(2)30-27(31)19-35-25-13-12-24(15-26(25)33-3)28(32)29-16-22-10-7-11-23(14-22)18-34-17-21-8-5-4-6-9-21/h4-15,20H,16-19H2,1-3H3,(H,29,32)(H,30,31). The number of hydrogen-bond acceptors (Lipinski definition) is 5. The molecular weight excluding hydrogens is 444 g/mol. The SMILES string of the molecule is COc1cc(C(=O)NCc2cccc(COCc3ccccc3)c2)ccc1OCC(=O)NC(C)C. The van der Waals surface area contributed by atoms with E-state index in [1.54, 1.807) is 18.2 Å². The summed E-state index contributed by atoms with van der Waals surface area (Å²) in [6.07, 6.45) is 0. The highest BCUT2D eigenvalue weighted by molar-refractivity contribution is 5.94. The van der Waals surface area contributed by atoms with Crippen molar-refractivity contribution < 1.29 is 23.8 Å². The van der Waals surface area contributed by atoms with Crippen LogP contribution in [0.4, 0.5) is 0 Å². The maximum Gasteiger partial charge on any atom is 0.258 e.